The summed E-state index contributed by atoms with van der Waals surface area (Å²) < 4.78 is 0. The van der Waals surface area contributed by atoms with Crippen LogP contribution in [-0.4, -0.2) is 29.1 Å². The van der Waals surface area contributed by atoms with Crippen LogP contribution in [0.2, 0.25) is 0 Å². The van der Waals surface area contributed by atoms with Crippen molar-refractivity contribution in [2.45, 2.75) is 6.42 Å². The van der Waals surface area contributed by atoms with Gasteiger partial charge < -0.3 is 0 Å². The highest BCUT2D eigenvalue weighted by Gasteiger charge is 2.21. The summed E-state index contributed by atoms with van der Waals surface area (Å²) in [5, 5.41) is 3.10. The van der Waals surface area contributed by atoms with Crippen LogP contribution in [0.4, 0.5) is 0 Å². The number of amides is 1. The van der Waals surface area contributed by atoms with Crippen molar-refractivity contribution in [3.63, 3.8) is 0 Å². The Morgan fingerprint density at radius 2 is 2.67 bits per heavy atom. The minimum absolute atomic E-state index is 0.131. The summed E-state index contributed by atoms with van der Waals surface area (Å²) >= 11 is 1.41. The molecule has 12 heavy (non-hydrogen) atoms. The first-order chi connectivity index (χ1) is 5.88. The molecule has 0 bridgehead atoms. The molecule has 1 aliphatic rings. The molecule has 1 aliphatic heterocycles. The van der Waals surface area contributed by atoms with Crippen LogP contribution in [0.15, 0.2) is 10.9 Å². The van der Waals surface area contributed by atoms with E-state index in [1.54, 1.807) is 10.9 Å². The zero-order chi connectivity index (χ0) is 8.39. The average molecular weight is 184 g/mol. The van der Waals surface area contributed by atoms with Gasteiger partial charge in [-0.2, -0.15) is 0 Å². The van der Waals surface area contributed by atoms with Crippen LogP contribution >= 0.6 is 11.3 Å². The number of hydrogen-bond donors (Lipinski definition) is 0. The number of hydroxylamine groups is 2. The fraction of sp³-hybridized carbons (Fsp3) is 0.429. The Hall–Kier alpha value is -0.940. The lowest BCUT2D eigenvalue weighted by molar-refractivity contribution is -0.0771. The Bertz CT molecular complexity index is 267. The molecule has 0 spiro atoms. The van der Waals surface area contributed by atoms with Gasteiger partial charge in [0.05, 0.1) is 18.7 Å². The summed E-state index contributed by atoms with van der Waals surface area (Å²) in [6.45, 7) is 1.31. The molecule has 0 unspecified atom stereocenters. The summed E-state index contributed by atoms with van der Waals surface area (Å²) in [5.41, 5.74) is 2.12. The van der Waals surface area contributed by atoms with E-state index in [0.717, 1.165) is 6.42 Å². The van der Waals surface area contributed by atoms with Crippen LogP contribution in [0.5, 0.6) is 0 Å². The Morgan fingerprint density at radius 1 is 1.75 bits per heavy atom. The third-order valence-corrected chi connectivity index (χ3v) is 2.22. The zero-order valence-corrected chi connectivity index (χ0v) is 7.21. The first-order valence-corrected chi connectivity index (χ1v) is 4.65. The number of carbonyl (C=O) groups excluding carboxylic acids is 1. The summed E-state index contributed by atoms with van der Waals surface area (Å²) in [6.07, 6.45) is 0.913. The van der Waals surface area contributed by atoms with E-state index in [2.05, 4.69) is 4.98 Å². The molecule has 0 aliphatic carbocycles. The SMILES string of the molecule is O=C(c1cscn1)N1CCCO1. The first-order valence-electron chi connectivity index (χ1n) is 3.71. The number of carbonyl (C=O) groups is 1. The Labute approximate surface area is 73.7 Å². The summed E-state index contributed by atoms with van der Waals surface area (Å²) in [6, 6.07) is 0. The number of rotatable bonds is 1. The predicted octanol–water partition coefficient (Wildman–Crippen LogP) is 0.921. The number of thiazole rings is 1. The molecule has 1 amide bonds. The van der Waals surface area contributed by atoms with Crippen molar-refractivity contribution in [2.24, 2.45) is 0 Å². The zero-order valence-electron chi connectivity index (χ0n) is 6.40. The number of hydrogen-bond acceptors (Lipinski definition) is 4. The van der Waals surface area contributed by atoms with Crippen molar-refractivity contribution in [2.75, 3.05) is 13.2 Å². The van der Waals surface area contributed by atoms with E-state index in [9.17, 15) is 4.79 Å². The molecule has 0 N–H and O–H groups in total. The minimum atomic E-state index is -0.131. The number of aromatic nitrogens is 1. The van der Waals surface area contributed by atoms with Crippen molar-refractivity contribution in [3.8, 4) is 0 Å². The molecular weight excluding hydrogens is 176 g/mol. The highest BCUT2D eigenvalue weighted by molar-refractivity contribution is 7.07. The molecule has 4 nitrogen and oxygen atoms in total. The minimum Gasteiger partial charge on any atom is -0.271 e. The van der Waals surface area contributed by atoms with Gasteiger partial charge in [0.15, 0.2) is 0 Å². The quantitative estimate of drug-likeness (QED) is 0.651. The largest absolute Gasteiger partial charge is 0.296 e. The monoisotopic (exact) mass is 184 g/mol. The predicted molar refractivity (Wildman–Crippen MR) is 43.7 cm³/mol. The molecule has 0 saturated carbocycles. The standard InChI is InChI=1S/C7H8N2O2S/c10-7(6-4-12-5-8-6)9-2-1-3-11-9/h4-5H,1-3H2. The van der Waals surface area contributed by atoms with Gasteiger partial charge in [0.1, 0.15) is 5.69 Å². The topological polar surface area (TPSA) is 42.4 Å². The van der Waals surface area contributed by atoms with E-state index < -0.39 is 0 Å². The Kier molecular flexibility index (Phi) is 2.05. The molecule has 1 saturated heterocycles. The summed E-state index contributed by atoms with van der Waals surface area (Å²) in [7, 11) is 0. The van der Waals surface area contributed by atoms with E-state index in [-0.39, 0.29) is 5.91 Å². The average Bonchev–Trinajstić information content (AvgIpc) is 2.77. The second kappa shape index (κ2) is 3.20. The van der Waals surface area contributed by atoms with Gasteiger partial charge in [0.25, 0.3) is 5.91 Å². The van der Waals surface area contributed by atoms with Crippen LogP contribution < -0.4 is 0 Å². The van der Waals surface area contributed by atoms with E-state index in [0.29, 0.717) is 18.8 Å². The Balaban J connectivity index is 2.09. The van der Waals surface area contributed by atoms with Crippen molar-refractivity contribution < 1.29 is 9.63 Å². The van der Waals surface area contributed by atoms with E-state index in [4.69, 9.17) is 4.84 Å². The van der Waals surface area contributed by atoms with Crippen molar-refractivity contribution in [3.05, 3.63) is 16.6 Å². The van der Waals surface area contributed by atoms with Gasteiger partial charge in [0, 0.05) is 5.38 Å². The van der Waals surface area contributed by atoms with Gasteiger partial charge in [-0.05, 0) is 6.42 Å². The van der Waals surface area contributed by atoms with Crippen LogP contribution in [0.1, 0.15) is 16.9 Å². The van der Waals surface area contributed by atoms with Gasteiger partial charge in [-0.25, -0.2) is 10.0 Å². The Morgan fingerprint density at radius 3 is 3.25 bits per heavy atom. The number of nitrogens with zero attached hydrogens (tertiary/aromatic N) is 2. The molecule has 1 aromatic rings. The smallest absolute Gasteiger partial charge is 0.271 e. The van der Waals surface area contributed by atoms with Gasteiger partial charge in [0.2, 0.25) is 0 Å². The molecule has 1 fully saturated rings. The molecule has 0 atom stereocenters. The van der Waals surface area contributed by atoms with E-state index in [1.807, 2.05) is 0 Å². The fourth-order valence-electron chi connectivity index (χ4n) is 1.05. The maximum absolute atomic E-state index is 11.5. The maximum atomic E-state index is 11.5. The van der Waals surface area contributed by atoms with Crippen LogP contribution in [0, 0.1) is 0 Å². The van der Waals surface area contributed by atoms with Gasteiger partial charge in [-0.3, -0.25) is 9.63 Å². The van der Waals surface area contributed by atoms with Crippen molar-refractivity contribution in [1.82, 2.24) is 10.0 Å². The van der Waals surface area contributed by atoms with Crippen LogP contribution in [0.25, 0.3) is 0 Å². The van der Waals surface area contributed by atoms with Crippen molar-refractivity contribution in [1.29, 1.82) is 0 Å². The molecule has 1 aromatic heterocycles. The van der Waals surface area contributed by atoms with Crippen LogP contribution in [-0.2, 0) is 4.84 Å². The van der Waals surface area contributed by atoms with Crippen LogP contribution in [0.3, 0.4) is 0 Å². The molecule has 2 heterocycles. The highest BCUT2D eigenvalue weighted by atomic mass is 32.1. The maximum Gasteiger partial charge on any atom is 0.296 e. The lowest BCUT2D eigenvalue weighted by Gasteiger charge is -2.11. The molecular formula is C7H8N2O2S. The lowest BCUT2D eigenvalue weighted by atomic mass is 10.4. The molecule has 0 aromatic carbocycles. The molecule has 64 valence electrons. The normalized spacial score (nSPS) is 16.8. The van der Waals surface area contributed by atoms with Gasteiger partial charge >= 0.3 is 0 Å². The van der Waals surface area contributed by atoms with E-state index in [1.165, 1.54) is 16.4 Å². The van der Waals surface area contributed by atoms with E-state index >= 15 is 0 Å². The van der Waals surface area contributed by atoms with Gasteiger partial charge in [-0.1, -0.05) is 0 Å². The molecule has 0 radical (unpaired) electrons. The highest BCUT2D eigenvalue weighted by Crippen LogP contribution is 2.10. The van der Waals surface area contributed by atoms with Crippen molar-refractivity contribution >= 4 is 17.2 Å². The second-order valence-corrected chi connectivity index (χ2v) is 3.19. The first kappa shape index (κ1) is 7.70. The third kappa shape index (κ3) is 1.33. The van der Waals surface area contributed by atoms with Gasteiger partial charge in [-0.15, -0.1) is 11.3 Å². The third-order valence-electron chi connectivity index (χ3n) is 1.63. The summed E-state index contributed by atoms with van der Waals surface area (Å²) in [4.78, 5) is 20.4. The fourth-order valence-corrected chi connectivity index (χ4v) is 1.58. The molecule has 5 heteroatoms. The summed E-state index contributed by atoms with van der Waals surface area (Å²) in [5.74, 6) is -0.131. The lowest BCUT2D eigenvalue weighted by Crippen LogP contribution is -2.26. The second-order valence-electron chi connectivity index (χ2n) is 2.47. The molecule has 2 rings (SSSR count).